The fourth-order valence-electron chi connectivity index (χ4n) is 3.77. The van der Waals surface area contributed by atoms with Crippen molar-refractivity contribution in [2.45, 2.75) is 46.0 Å². The summed E-state index contributed by atoms with van der Waals surface area (Å²) in [5.41, 5.74) is 3.15. The van der Waals surface area contributed by atoms with Crippen LogP contribution in [0.3, 0.4) is 0 Å². The van der Waals surface area contributed by atoms with Crippen LogP contribution in [-0.4, -0.2) is 29.0 Å². The molecule has 28 heavy (non-hydrogen) atoms. The van der Waals surface area contributed by atoms with E-state index in [0.29, 0.717) is 13.1 Å². The SMILES string of the molecule is CCc1nc(NCCNC(=O)c2ccccc2C)c2c3c(sc2n1)CCCC3. The summed E-state index contributed by atoms with van der Waals surface area (Å²) in [6.45, 7) is 5.22. The predicted molar refractivity (Wildman–Crippen MR) is 115 cm³/mol. The number of hydrogen-bond donors (Lipinski definition) is 2. The molecule has 5 nitrogen and oxygen atoms in total. The van der Waals surface area contributed by atoms with Gasteiger partial charge in [0.25, 0.3) is 5.91 Å². The zero-order valence-corrected chi connectivity index (χ0v) is 17.3. The highest BCUT2D eigenvalue weighted by Crippen LogP contribution is 2.38. The van der Waals surface area contributed by atoms with Gasteiger partial charge in [-0.2, -0.15) is 0 Å². The Morgan fingerprint density at radius 2 is 1.96 bits per heavy atom. The lowest BCUT2D eigenvalue weighted by Gasteiger charge is -2.13. The molecule has 2 N–H and O–H groups in total. The molecule has 0 radical (unpaired) electrons. The van der Waals surface area contributed by atoms with E-state index in [1.165, 1.54) is 28.7 Å². The zero-order valence-electron chi connectivity index (χ0n) is 16.5. The largest absolute Gasteiger partial charge is 0.368 e. The van der Waals surface area contributed by atoms with Gasteiger partial charge < -0.3 is 10.6 Å². The van der Waals surface area contributed by atoms with Crippen molar-refractivity contribution in [1.82, 2.24) is 15.3 Å². The number of anilines is 1. The zero-order chi connectivity index (χ0) is 19.5. The fraction of sp³-hybridized carbons (Fsp3) is 0.409. The maximum atomic E-state index is 12.4. The number of amides is 1. The highest BCUT2D eigenvalue weighted by molar-refractivity contribution is 7.19. The van der Waals surface area contributed by atoms with Crippen molar-refractivity contribution in [3.05, 3.63) is 51.7 Å². The molecule has 0 fully saturated rings. The third-order valence-electron chi connectivity index (χ3n) is 5.27. The van der Waals surface area contributed by atoms with E-state index in [-0.39, 0.29) is 5.91 Å². The van der Waals surface area contributed by atoms with Crippen LogP contribution in [0.4, 0.5) is 5.82 Å². The first-order valence-electron chi connectivity index (χ1n) is 10.1. The minimum absolute atomic E-state index is 0.0325. The van der Waals surface area contributed by atoms with Crippen LogP contribution in [0.1, 0.15) is 52.0 Å². The van der Waals surface area contributed by atoms with Gasteiger partial charge in [0.2, 0.25) is 0 Å². The minimum Gasteiger partial charge on any atom is -0.368 e. The van der Waals surface area contributed by atoms with Crippen molar-refractivity contribution < 1.29 is 4.79 Å². The number of carbonyl (C=O) groups excluding carboxylic acids is 1. The average Bonchev–Trinajstić information content (AvgIpc) is 3.09. The first-order chi connectivity index (χ1) is 13.7. The van der Waals surface area contributed by atoms with Crippen LogP contribution in [0.15, 0.2) is 24.3 Å². The second kappa shape index (κ2) is 8.27. The molecule has 3 aromatic rings. The summed E-state index contributed by atoms with van der Waals surface area (Å²) in [6, 6.07) is 7.65. The molecular weight excluding hydrogens is 368 g/mol. The van der Waals surface area contributed by atoms with Crippen LogP contribution >= 0.6 is 11.3 Å². The number of rotatable bonds is 6. The van der Waals surface area contributed by atoms with Crippen LogP contribution < -0.4 is 10.6 Å². The van der Waals surface area contributed by atoms with Crippen molar-refractivity contribution in [3.63, 3.8) is 0 Å². The summed E-state index contributed by atoms with van der Waals surface area (Å²) >= 11 is 1.83. The van der Waals surface area contributed by atoms with Crippen molar-refractivity contribution in [2.24, 2.45) is 0 Å². The van der Waals surface area contributed by atoms with Crippen LogP contribution in [0.5, 0.6) is 0 Å². The van der Waals surface area contributed by atoms with E-state index in [2.05, 4.69) is 17.6 Å². The maximum absolute atomic E-state index is 12.4. The highest BCUT2D eigenvalue weighted by atomic mass is 32.1. The summed E-state index contributed by atoms with van der Waals surface area (Å²) in [5.74, 6) is 1.76. The average molecular weight is 395 g/mol. The molecule has 2 aromatic heterocycles. The van der Waals surface area contributed by atoms with Gasteiger partial charge in [0.05, 0.1) is 5.39 Å². The van der Waals surface area contributed by atoms with Gasteiger partial charge in [-0.15, -0.1) is 11.3 Å². The van der Waals surface area contributed by atoms with Gasteiger partial charge in [-0.05, 0) is 49.8 Å². The van der Waals surface area contributed by atoms with E-state index in [1.807, 2.05) is 42.5 Å². The Morgan fingerprint density at radius 3 is 2.79 bits per heavy atom. The van der Waals surface area contributed by atoms with Crippen molar-refractivity contribution in [2.75, 3.05) is 18.4 Å². The molecule has 6 heteroatoms. The molecule has 0 unspecified atom stereocenters. The van der Waals surface area contributed by atoms with E-state index in [9.17, 15) is 4.79 Å². The topological polar surface area (TPSA) is 66.9 Å². The van der Waals surface area contributed by atoms with Crippen LogP contribution in [0.25, 0.3) is 10.2 Å². The molecule has 146 valence electrons. The van der Waals surface area contributed by atoms with Crippen molar-refractivity contribution in [3.8, 4) is 0 Å². The first kappa shape index (κ1) is 18.9. The van der Waals surface area contributed by atoms with Gasteiger partial charge in [-0.1, -0.05) is 25.1 Å². The Kier molecular flexibility index (Phi) is 5.57. The Labute approximate surface area is 169 Å². The number of hydrogen-bond acceptors (Lipinski definition) is 5. The lowest BCUT2D eigenvalue weighted by molar-refractivity contribution is 0.0954. The molecule has 1 aliphatic rings. The molecule has 0 bridgehead atoms. The second-order valence-electron chi connectivity index (χ2n) is 7.23. The van der Waals surface area contributed by atoms with Crippen molar-refractivity contribution in [1.29, 1.82) is 0 Å². The van der Waals surface area contributed by atoms with E-state index in [1.54, 1.807) is 0 Å². The normalized spacial score (nSPS) is 13.4. The van der Waals surface area contributed by atoms with Crippen LogP contribution in [-0.2, 0) is 19.3 Å². The number of aryl methyl sites for hydroxylation is 4. The standard InChI is InChI=1S/C22H26N4OS/c1-3-18-25-20(19-16-10-6-7-11-17(16)28-22(19)26-18)23-12-13-24-21(27)15-9-5-4-8-14(15)2/h4-5,8-9H,3,6-7,10-13H2,1-2H3,(H,24,27)(H,23,25,26). The summed E-state index contributed by atoms with van der Waals surface area (Å²) in [7, 11) is 0. The Bertz CT molecular complexity index is 1010. The molecule has 1 aromatic carbocycles. The summed E-state index contributed by atoms with van der Waals surface area (Å²) in [5, 5.41) is 7.66. The molecule has 0 saturated carbocycles. The smallest absolute Gasteiger partial charge is 0.251 e. The third-order valence-corrected chi connectivity index (χ3v) is 6.46. The number of nitrogens with one attached hydrogen (secondary N) is 2. The van der Waals surface area contributed by atoms with E-state index < -0.39 is 0 Å². The molecule has 0 aliphatic heterocycles. The Morgan fingerprint density at radius 1 is 1.14 bits per heavy atom. The van der Waals surface area contributed by atoms with Gasteiger partial charge in [-0.3, -0.25) is 4.79 Å². The summed E-state index contributed by atoms with van der Waals surface area (Å²) < 4.78 is 0. The van der Waals surface area contributed by atoms with Crippen molar-refractivity contribution >= 4 is 33.3 Å². The number of nitrogens with zero attached hydrogens (tertiary/aromatic N) is 2. The van der Waals surface area contributed by atoms with E-state index in [4.69, 9.17) is 9.97 Å². The number of fused-ring (bicyclic) bond motifs is 3. The fourth-order valence-corrected chi connectivity index (χ4v) is 5.05. The minimum atomic E-state index is -0.0325. The van der Waals surface area contributed by atoms with Crippen LogP contribution in [0, 0.1) is 6.92 Å². The third kappa shape index (κ3) is 3.74. The summed E-state index contributed by atoms with van der Waals surface area (Å²) in [6.07, 6.45) is 5.59. The van der Waals surface area contributed by atoms with E-state index in [0.717, 1.165) is 46.9 Å². The Balaban J connectivity index is 1.48. The molecule has 0 spiro atoms. The highest BCUT2D eigenvalue weighted by Gasteiger charge is 2.20. The molecule has 0 saturated heterocycles. The molecule has 1 amide bonds. The lowest BCUT2D eigenvalue weighted by Crippen LogP contribution is -2.29. The summed E-state index contributed by atoms with van der Waals surface area (Å²) in [4.78, 5) is 24.5. The predicted octanol–water partition coefficient (Wildman–Crippen LogP) is 4.28. The monoisotopic (exact) mass is 394 g/mol. The van der Waals surface area contributed by atoms with Gasteiger partial charge in [0.1, 0.15) is 16.5 Å². The Hall–Kier alpha value is -2.47. The van der Waals surface area contributed by atoms with Gasteiger partial charge in [0.15, 0.2) is 0 Å². The molecule has 0 atom stereocenters. The van der Waals surface area contributed by atoms with E-state index >= 15 is 0 Å². The number of thiophene rings is 1. The number of carbonyl (C=O) groups is 1. The molecule has 2 heterocycles. The number of benzene rings is 1. The van der Waals surface area contributed by atoms with Gasteiger partial charge >= 0.3 is 0 Å². The number of aromatic nitrogens is 2. The second-order valence-corrected chi connectivity index (χ2v) is 8.31. The van der Waals surface area contributed by atoms with Gasteiger partial charge in [-0.25, -0.2) is 9.97 Å². The maximum Gasteiger partial charge on any atom is 0.251 e. The lowest BCUT2D eigenvalue weighted by atomic mass is 9.97. The van der Waals surface area contributed by atoms with Crippen LogP contribution in [0.2, 0.25) is 0 Å². The molecule has 1 aliphatic carbocycles. The quantitative estimate of drug-likeness (QED) is 0.612. The first-order valence-corrected chi connectivity index (χ1v) is 10.9. The molecule has 4 rings (SSSR count). The van der Waals surface area contributed by atoms with Gasteiger partial charge in [0, 0.05) is 30.0 Å². The molecular formula is C22H26N4OS.